The topological polar surface area (TPSA) is 43.8 Å². The monoisotopic (exact) mass is 203 g/mol. The van der Waals surface area contributed by atoms with Crippen LogP contribution in [0.4, 0.5) is 5.82 Å². The van der Waals surface area contributed by atoms with Crippen LogP contribution >= 0.6 is 0 Å². The number of rotatable bonds is 2. The van der Waals surface area contributed by atoms with Gasteiger partial charge in [-0.25, -0.2) is 4.98 Å². The van der Waals surface area contributed by atoms with E-state index in [0.717, 1.165) is 11.5 Å². The molecule has 1 heterocycles. The molecule has 0 unspecified atom stereocenters. The quantitative estimate of drug-likeness (QED) is 0.748. The zero-order chi connectivity index (χ0) is 10.7. The van der Waals surface area contributed by atoms with E-state index in [1.807, 2.05) is 4.57 Å². The third-order valence-electron chi connectivity index (χ3n) is 3.16. The number of terminal acetylenes is 1. The molecule has 0 bridgehead atoms. The van der Waals surface area contributed by atoms with E-state index >= 15 is 0 Å². The molecule has 0 radical (unpaired) electrons. The van der Waals surface area contributed by atoms with Crippen molar-refractivity contribution >= 4 is 5.82 Å². The van der Waals surface area contributed by atoms with Crippen molar-refractivity contribution in [2.24, 2.45) is 0 Å². The summed E-state index contributed by atoms with van der Waals surface area (Å²) in [6.45, 7) is 0.519. The van der Waals surface area contributed by atoms with E-state index < -0.39 is 0 Å². The molecule has 1 aliphatic carbocycles. The Labute approximate surface area is 90.7 Å². The summed E-state index contributed by atoms with van der Waals surface area (Å²) in [6, 6.07) is 0. The third kappa shape index (κ3) is 1.99. The highest BCUT2D eigenvalue weighted by Crippen LogP contribution is 2.34. The molecule has 0 aliphatic heterocycles. The molecule has 1 saturated carbocycles. The van der Waals surface area contributed by atoms with Crippen LogP contribution in [-0.2, 0) is 6.54 Å². The summed E-state index contributed by atoms with van der Waals surface area (Å²) in [5, 5.41) is 0. The molecule has 80 valence electrons. The predicted molar refractivity (Wildman–Crippen MR) is 61.3 cm³/mol. The van der Waals surface area contributed by atoms with Gasteiger partial charge in [0.2, 0.25) is 0 Å². The zero-order valence-corrected chi connectivity index (χ0v) is 8.95. The van der Waals surface area contributed by atoms with E-state index in [-0.39, 0.29) is 0 Å². The summed E-state index contributed by atoms with van der Waals surface area (Å²) < 4.78 is 1.85. The van der Waals surface area contributed by atoms with Gasteiger partial charge < -0.3 is 10.3 Å². The molecule has 0 aromatic carbocycles. The molecule has 3 nitrogen and oxygen atoms in total. The van der Waals surface area contributed by atoms with Crippen LogP contribution in [0, 0.1) is 12.3 Å². The summed E-state index contributed by atoms with van der Waals surface area (Å²) in [7, 11) is 0. The number of imidazole rings is 1. The molecule has 1 aromatic rings. The van der Waals surface area contributed by atoms with E-state index in [0.29, 0.717) is 12.5 Å². The van der Waals surface area contributed by atoms with Crippen molar-refractivity contribution in [1.82, 2.24) is 9.55 Å². The van der Waals surface area contributed by atoms with E-state index in [2.05, 4.69) is 10.9 Å². The van der Waals surface area contributed by atoms with Crippen molar-refractivity contribution < 1.29 is 0 Å². The standard InChI is InChI=1S/C12H17N3/c1-2-8-15-9-14-11(12(15)13)10-6-4-3-5-7-10/h1,9-10H,3-8,13H2. The number of nitrogens with two attached hydrogens (primary N) is 1. The van der Waals surface area contributed by atoms with Crippen molar-refractivity contribution in [2.45, 2.75) is 44.6 Å². The normalized spacial score (nSPS) is 17.5. The fraction of sp³-hybridized carbons (Fsp3) is 0.583. The molecule has 1 aliphatic rings. The van der Waals surface area contributed by atoms with Crippen molar-refractivity contribution in [2.75, 3.05) is 5.73 Å². The van der Waals surface area contributed by atoms with Crippen molar-refractivity contribution in [3.63, 3.8) is 0 Å². The van der Waals surface area contributed by atoms with Crippen LogP contribution in [0.1, 0.15) is 43.7 Å². The minimum absolute atomic E-state index is 0.519. The number of aromatic nitrogens is 2. The first-order valence-electron chi connectivity index (χ1n) is 5.57. The molecule has 0 saturated heterocycles. The molecule has 3 heteroatoms. The molecular weight excluding hydrogens is 186 g/mol. The number of nitrogen functional groups attached to an aromatic ring is 1. The van der Waals surface area contributed by atoms with Crippen molar-refractivity contribution in [1.29, 1.82) is 0 Å². The van der Waals surface area contributed by atoms with Crippen LogP contribution < -0.4 is 5.73 Å². The highest BCUT2D eigenvalue weighted by molar-refractivity contribution is 5.39. The first kappa shape index (κ1) is 10.1. The van der Waals surface area contributed by atoms with Gasteiger partial charge in [-0.1, -0.05) is 25.2 Å². The minimum Gasteiger partial charge on any atom is -0.384 e. The van der Waals surface area contributed by atoms with Gasteiger partial charge in [-0.05, 0) is 12.8 Å². The van der Waals surface area contributed by atoms with Crippen LogP contribution in [0.2, 0.25) is 0 Å². The van der Waals surface area contributed by atoms with Gasteiger partial charge in [0, 0.05) is 5.92 Å². The van der Waals surface area contributed by atoms with Crippen molar-refractivity contribution in [3.05, 3.63) is 12.0 Å². The molecule has 15 heavy (non-hydrogen) atoms. The van der Waals surface area contributed by atoms with Gasteiger partial charge in [0.05, 0.1) is 18.6 Å². The predicted octanol–water partition coefficient (Wildman–Crippen LogP) is 2.15. The average molecular weight is 203 g/mol. The molecular formula is C12H17N3. The lowest BCUT2D eigenvalue weighted by molar-refractivity contribution is 0.438. The van der Waals surface area contributed by atoms with E-state index in [4.69, 9.17) is 12.2 Å². The second-order valence-electron chi connectivity index (χ2n) is 4.18. The van der Waals surface area contributed by atoms with Gasteiger partial charge in [-0.3, -0.25) is 0 Å². The summed E-state index contributed by atoms with van der Waals surface area (Å²) in [4.78, 5) is 4.40. The Morgan fingerprint density at radius 2 is 2.20 bits per heavy atom. The smallest absolute Gasteiger partial charge is 0.127 e. The van der Waals surface area contributed by atoms with Crippen LogP contribution in [0.5, 0.6) is 0 Å². The summed E-state index contributed by atoms with van der Waals surface area (Å²) in [6.07, 6.45) is 13.4. The van der Waals surface area contributed by atoms with Crippen LogP contribution in [0.25, 0.3) is 0 Å². The van der Waals surface area contributed by atoms with Gasteiger partial charge in [0.25, 0.3) is 0 Å². The summed E-state index contributed by atoms with van der Waals surface area (Å²) >= 11 is 0. The fourth-order valence-electron chi connectivity index (χ4n) is 2.32. The maximum absolute atomic E-state index is 6.03. The third-order valence-corrected chi connectivity index (χ3v) is 3.16. The van der Waals surface area contributed by atoms with Gasteiger partial charge >= 0.3 is 0 Å². The first-order chi connectivity index (χ1) is 7.33. The maximum Gasteiger partial charge on any atom is 0.127 e. The summed E-state index contributed by atoms with van der Waals surface area (Å²) in [5.74, 6) is 3.90. The largest absolute Gasteiger partial charge is 0.384 e. The molecule has 0 spiro atoms. The van der Waals surface area contributed by atoms with Crippen LogP contribution in [0.3, 0.4) is 0 Å². The Balaban J connectivity index is 2.17. The minimum atomic E-state index is 0.519. The lowest BCUT2D eigenvalue weighted by atomic mass is 9.87. The van der Waals surface area contributed by atoms with E-state index in [1.165, 1.54) is 32.1 Å². The highest BCUT2D eigenvalue weighted by Gasteiger charge is 2.20. The Bertz CT molecular complexity index is 367. The van der Waals surface area contributed by atoms with Crippen LogP contribution in [-0.4, -0.2) is 9.55 Å². The lowest BCUT2D eigenvalue weighted by Gasteiger charge is -2.20. The Morgan fingerprint density at radius 1 is 1.47 bits per heavy atom. The maximum atomic E-state index is 6.03. The van der Waals surface area contributed by atoms with E-state index in [1.54, 1.807) is 6.33 Å². The molecule has 1 fully saturated rings. The number of hydrogen-bond acceptors (Lipinski definition) is 2. The lowest BCUT2D eigenvalue weighted by Crippen LogP contribution is -2.09. The molecule has 1 aromatic heterocycles. The van der Waals surface area contributed by atoms with Crippen molar-refractivity contribution in [3.8, 4) is 12.3 Å². The summed E-state index contributed by atoms with van der Waals surface area (Å²) in [5.41, 5.74) is 7.09. The van der Waals surface area contributed by atoms with E-state index in [9.17, 15) is 0 Å². The number of nitrogens with zero attached hydrogens (tertiary/aromatic N) is 2. The van der Waals surface area contributed by atoms with Gasteiger partial charge in [-0.15, -0.1) is 6.42 Å². The molecule has 0 amide bonds. The number of hydrogen-bond donors (Lipinski definition) is 1. The van der Waals surface area contributed by atoms with Gasteiger partial charge in [0.15, 0.2) is 0 Å². The number of anilines is 1. The van der Waals surface area contributed by atoms with Gasteiger partial charge in [-0.2, -0.15) is 0 Å². The second kappa shape index (κ2) is 4.39. The van der Waals surface area contributed by atoms with Crippen LogP contribution in [0.15, 0.2) is 6.33 Å². The molecule has 2 N–H and O–H groups in total. The van der Waals surface area contributed by atoms with Gasteiger partial charge in [0.1, 0.15) is 5.82 Å². The fourth-order valence-corrected chi connectivity index (χ4v) is 2.32. The SMILES string of the molecule is C#CCn1cnc(C2CCCCC2)c1N. The Morgan fingerprint density at radius 3 is 2.87 bits per heavy atom. The Hall–Kier alpha value is -1.43. The highest BCUT2D eigenvalue weighted by atomic mass is 15.1. The second-order valence-corrected chi connectivity index (χ2v) is 4.18. The first-order valence-corrected chi connectivity index (χ1v) is 5.57. The Kier molecular flexibility index (Phi) is 2.96. The molecule has 0 atom stereocenters. The zero-order valence-electron chi connectivity index (χ0n) is 8.95. The molecule has 2 rings (SSSR count). The average Bonchev–Trinajstić information content (AvgIpc) is 2.63.